The fourth-order valence-corrected chi connectivity index (χ4v) is 1.80. The standard InChI is InChI=1S/C10H6ClFIN3O/c11-5-2-1-3-6(7(5)12)16-9-8(13)10(17)15-4-14-9/h1-4H,(H2,14,15,16,17). The van der Waals surface area contributed by atoms with E-state index >= 15 is 0 Å². The van der Waals surface area contributed by atoms with Crippen LogP contribution >= 0.6 is 34.2 Å². The molecule has 0 amide bonds. The third-order valence-electron chi connectivity index (χ3n) is 2.00. The van der Waals surface area contributed by atoms with Gasteiger partial charge >= 0.3 is 0 Å². The Morgan fingerprint density at radius 3 is 3.00 bits per heavy atom. The first-order valence-corrected chi connectivity index (χ1v) is 5.99. The highest BCUT2D eigenvalue weighted by Gasteiger charge is 2.10. The van der Waals surface area contributed by atoms with Gasteiger partial charge in [0.05, 0.1) is 17.0 Å². The molecule has 88 valence electrons. The molecule has 0 saturated heterocycles. The largest absolute Gasteiger partial charge is 0.337 e. The van der Waals surface area contributed by atoms with E-state index in [0.29, 0.717) is 3.57 Å². The average molecular weight is 366 g/mol. The van der Waals surface area contributed by atoms with Gasteiger partial charge in [0.15, 0.2) is 11.6 Å². The Balaban J connectivity index is 2.42. The summed E-state index contributed by atoms with van der Waals surface area (Å²) in [6.07, 6.45) is 1.25. The van der Waals surface area contributed by atoms with Crippen molar-refractivity contribution in [3.05, 3.63) is 49.3 Å². The molecule has 0 unspecified atom stereocenters. The summed E-state index contributed by atoms with van der Waals surface area (Å²) in [5.41, 5.74) is -0.112. The molecule has 2 rings (SSSR count). The van der Waals surface area contributed by atoms with E-state index in [1.807, 2.05) is 22.6 Å². The molecule has 0 bridgehead atoms. The molecule has 1 heterocycles. The van der Waals surface area contributed by atoms with Crippen LogP contribution < -0.4 is 10.9 Å². The van der Waals surface area contributed by atoms with Crippen LogP contribution in [0.2, 0.25) is 5.02 Å². The summed E-state index contributed by atoms with van der Waals surface area (Å²) in [5.74, 6) is -0.289. The molecule has 17 heavy (non-hydrogen) atoms. The molecule has 0 radical (unpaired) electrons. The number of nitrogens with one attached hydrogen (secondary N) is 2. The van der Waals surface area contributed by atoms with Crippen LogP contribution in [-0.4, -0.2) is 9.97 Å². The Morgan fingerprint density at radius 1 is 1.47 bits per heavy atom. The molecule has 2 aromatic rings. The number of rotatable bonds is 2. The highest BCUT2D eigenvalue weighted by molar-refractivity contribution is 14.1. The first kappa shape index (κ1) is 12.3. The molecular formula is C10H6ClFIN3O. The third-order valence-corrected chi connectivity index (χ3v) is 3.29. The van der Waals surface area contributed by atoms with Crippen molar-refractivity contribution in [2.75, 3.05) is 5.32 Å². The Hall–Kier alpha value is -1.15. The Kier molecular flexibility index (Phi) is 3.63. The summed E-state index contributed by atoms with van der Waals surface area (Å²) in [6, 6.07) is 4.56. The van der Waals surface area contributed by atoms with Crippen molar-refractivity contribution in [1.82, 2.24) is 9.97 Å². The Bertz CT molecular complexity index is 617. The van der Waals surface area contributed by atoms with E-state index in [-0.39, 0.29) is 22.1 Å². The van der Waals surface area contributed by atoms with Gasteiger partial charge in [0.2, 0.25) is 0 Å². The lowest BCUT2D eigenvalue weighted by Gasteiger charge is -2.08. The number of benzene rings is 1. The number of halogens is 3. The third kappa shape index (κ3) is 2.58. The quantitative estimate of drug-likeness (QED) is 0.805. The van der Waals surface area contributed by atoms with Crippen LogP contribution in [0.1, 0.15) is 0 Å². The van der Waals surface area contributed by atoms with Crippen LogP contribution in [0.3, 0.4) is 0 Å². The van der Waals surface area contributed by atoms with E-state index in [0.717, 1.165) is 0 Å². The van der Waals surface area contributed by atoms with Crippen molar-refractivity contribution >= 4 is 45.7 Å². The Labute approximate surface area is 114 Å². The minimum absolute atomic E-state index is 0.00912. The molecule has 0 atom stereocenters. The van der Waals surface area contributed by atoms with Gasteiger partial charge in [0, 0.05) is 0 Å². The molecule has 0 aliphatic heterocycles. The van der Waals surface area contributed by atoms with E-state index in [2.05, 4.69) is 15.3 Å². The van der Waals surface area contributed by atoms with Crippen LogP contribution in [0.15, 0.2) is 29.3 Å². The molecule has 7 heteroatoms. The van der Waals surface area contributed by atoms with Gasteiger partial charge in [-0.25, -0.2) is 9.37 Å². The smallest absolute Gasteiger partial charge is 0.266 e. The lowest BCUT2D eigenvalue weighted by Crippen LogP contribution is -2.13. The maximum atomic E-state index is 13.6. The van der Waals surface area contributed by atoms with Crippen molar-refractivity contribution in [2.24, 2.45) is 0 Å². The van der Waals surface area contributed by atoms with E-state index in [1.54, 1.807) is 6.07 Å². The number of anilines is 2. The van der Waals surface area contributed by atoms with E-state index in [1.165, 1.54) is 18.5 Å². The molecule has 1 aromatic heterocycles. The van der Waals surface area contributed by atoms with Gasteiger partial charge in [-0.05, 0) is 34.7 Å². The predicted molar refractivity (Wildman–Crippen MR) is 72.3 cm³/mol. The van der Waals surface area contributed by atoms with Gasteiger partial charge in [-0.15, -0.1) is 0 Å². The lowest BCUT2D eigenvalue weighted by molar-refractivity contribution is 0.632. The average Bonchev–Trinajstić information content (AvgIpc) is 2.31. The molecule has 0 fully saturated rings. The number of aromatic nitrogens is 2. The minimum atomic E-state index is -0.577. The second-order valence-corrected chi connectivity index (χ2v) is 4.61. The topological polar surface area (TPSA) is 57.8 Å². The van der Waals surface area contributed by atoms with Crippen molar-refractivity contribution in [3.8, 4) is 0 Å². The van der Waals surface area contributed by atoms with Crippen LogP contribution in [0.4, 0.5) is 15.9 Å². The number of hydrogen-bond donors (Lipinski definition) is 2. The van der Waals surface area contributed by atoms with Crippen molar-refractivity contribution in [2.45, 2.75) is 0 Å². The number of hydrogen-bond acceptors (Lipinski definition) is 3. The van der Waals surface area contributed by atoms with Gasteiger partial charge in [0.1, 0.15) is 3.57 Å². The summed E-state index contributed by atoms with van der Waals surface area (Å²) in [5, 5.41) is 2.73. The maximum Gasteiger partial charge on any atom is 0.266 e. The zero-order valence-corrected chi connectivity index (χ0v) is 11.2. The van der Waals surface area contributed by atoms with E-state index < -0.39 is 5.82 Å². The molecule has 0 aliphatic rings. The molecule has 4 nitrogen and oxygen atoms in total. The number of H-pyrrole nitrogens is 1. The summed E-state index contributed by atoms with van der Waals surface area (Å²) < 4.78 is 14.0. The van der Waals surface area contributed by atoms with Crippen LogP contribution in [0.25, 0.3) is 0 Å². The summed E-state index contributed by atoms with van der Waals surface area (Å²) in [7, 11) is 0. The lowest BCUT2D eigenvalue weighted by atomic mass is 10.3. The van der Waals surface area contributed by atoms with Gasteiger partial charge in [-0.1, -0.05) is 17.7 Å². The van der Waals surface area contributed by atoms with Gasteiger partial charge in [0.25, 0.3) is 5.56 Å². The molecule has 1 aromatic carbocycles. The number of nitrogens with zero attached hydrogens (tertiary/aromatic N) is 1. The first-order chi connectivity index (χ1) is 8.09. The summed E-state index contributed by atoms with van der Waals surface area (Å²) >= 11 is 7.47. The maximum absolute atomic E-state index is 13.6. The Morgan fingerprint density at radius 2 is 2.24 bits per heavy atom. The van der Waals surface area contributed by atoms with E-state index in [4.69, 9.17) is 11.6 Å². The molecular weight excluding hydrogens is 359 g/mol. The van der Waals surface area contributed by atoms with Crippen molar-refractivity contribution in [3.63, 3.8) is 0 Å². The molecule has 2 N–H and O–H groups in total. The normalized spacial score (nSPS) is 10.3. The van der Waals surface area contributed by atoms with Crippen molar-refractivity contribution in [1.29, 1.82) is 0 Å². The molecule has 0 spiro atoms. The van der Waals surface area contributed by atoms with E-state index in [9.17, 15) is 9.18 Å². The fourth-order valence-electron chi connectivity index (χ4n) is 1.20. The second kappa shape index (κ2) is 5.01. The summed E-state index contributed by atoms with van der Waals surface area (Å²) in [4.78, 5) is 17.7. The zero-order valence-electron chi connectivity index (χ0n) is 8.30. The fraction of sp³-hybridized carbons (Fsp3) is 0. The van der Waals surface area contributed by atoms with Gasteiger partial charge < -0.3 is 10.3 Å². The zero-order chi connectivity index (χ0) is 12.4. The summed E-state index contributed by atoms with van der Waals surface area (Å²) in [6.45, 7) is 0. The van der Waals surface area contributed by atoms with Gasteiger partial charge in [-0.3, -0.25) is 4.79 Å². The number of aromatic amines is 1. The predicted octanol–water partition coefficient (Wildman–Crippen LogP) is 2.91. The minimum Gasteiger partial charge on any atom is -0.337 e. The SMILES string of the molecule is O=c1[nH]cnc(Nc2cccc(Cl)c2F)c1I. The monoisotopic (exact) mass is 365 g/mol. The van der Waals surface area contributed by atoms with Crippen LogP contribution in [0, 0.1) is 9.39 Å². The molecule has 0 aliphatic carbocycles. The molecule has 0 saturated carbocycles. The first-order valence-electron chi connectivity index (χ1n) is 4.54. The highest BCUT2D eigenvalue weighted by Crippen LogP contribution is 2.25. The van der Waals surface area contributed by atoms with Crippen LogP contribution in [-0.2, 0) is 0 Å². The van der Waals surface area contributed by atoms with Gasteiger partial charge in [-0.2, -0.15) is 0 Å². The highest BCUT2D eigenvalue weighted by atomic mass is 127. The second-order valence-electron chi connectivity index (χ2n) is 3.12. The van der Waals surface area contributed by atoms with Crippen molar-refractivity contribution < 1.29 is 4.39 Å². The van der Waals surface area contributed by atoms with Crippen LogP contribution in [0.5, 0.6) is 0 Å².